The number of fused-ring (bicyclic) bond motifs is 1. The molecule has 0 spiro atoms. The predicted molar refractivity (Wildman–Crippen MR) is 123 cm³/mol. The van der Waals surface area contributed by atoms with Crippen LogP contribution in [0.2, 0.25) is 0 Å². The summed E-state index contributed by atoms with van der Waals surface area (Å²) in [6, 6.07) is 9.36. The minimum Gasteiger partial charge on any atom is -0.489 e. The van der Waals surface area contributed by atoms with Crippen LogP contribution in [0.3, 0.4) is 0 Å². The van der Waals surface area contributed by atoms with Gasteiger partial charge < -0.3 is 19.7 Å². The molecule has 0 unspecified atom stereocenters. The summed E-state index contributed by atoms with van der Waals surface area (Å²) in [5.41, 5.74) is 2.51. The quantitative estimate of drug-likeness (QED) is 0.400. The number of nitrogens with one attached hydrogen (secondary N) is 1. The number of hydrogen-bond donors (Lipinski definition) is 1. The SMILES string of the molecule is C=CC(OCc1c(-c2ccccc2OC(F)(F)F)ccc2c1N(C)C(=O)C(C)(C)N2)=C(C)C. The molecule has 0 bridgehead atoms. The standard InChI is InChI=1S/C25H27F3N2O3/c1-7-20(15(2)3)32-14-18-16(17-10-8-9-11-21(17)33-25(26,27)28)12-13-19-22(18)30(6)23(31)24(4,5)29-19/h7-13,29H,1,14H2,2-6H3. The summed E-state index contributed by atoms with van der Waals surface area (Å²) < 4.78 is 49.5. The molecule has 176 valence electrons. The maximum atomic E-state index is 13.1. The number of likely N-dealkylation sites (N-methyl/N-ethyl adjacent to an activating group) is 1. The first-order valence-electron chi connectivity index (χ1n) is 10.4. The number of nitrogens with zero attached hydrogens (tertiary/aromatic N) is 1. The van der Waals surface area contributed by atoms with Crippen molar-refractivity contribution in [2.24, 2.45) is 0 Å². The van der Waals surface area contributed by atoms with E-state index in [0.29, 0.717) is 28.3 Å². The first-order chi connectivity index (χ1) is 15.4. The van der Waals surface area contributed by atoms with Gasteiger partial charge in [-0.15, -0.1) is 13.2 Å². The van der Waals surface area contributed by atoms with Crippen LogP contribution in [-0.4, -0.2) is 24.9 Å². The maximum Gasteiger partial charge on any atom is 0.573 e. The van der Waals surface area contributed by atoms with E-state index >= 15 is 0 Å². The van der Waals surface area contributed by atoms with Crippen LogP contribution in [0.5, 0.6) is 5.75 Å². The Hall–Kier alpha value is -3.42. The van der Waals surface area contributed by atoms with Gasteiger partial charge in [0.1, 0.15) is 23.7 Å². The fraction of sp³-hybridized carbons (Fsp3) is 0.320. The van der Waals surface area contributed by atoms with Crippen LogP contribution >= 0.6 is 0 Å². The molecule has 1 aliphatic rings. The number of hydrogen-bond acceptors (Lipinski definition) is 4. The number of allylic oxidation sites excluding steroid dienone is 2. The highest BCUT2D eigenvalue weighted by atomic mass is 19.4. The summed E-state index contributed by atoms with van der Waals surface area (Å²) in [4.78, 5) is 14.5. The molecule has 1 N–H and O–H groups in total. The van der Waals surface area contributed by atoms with Crippen molar-refractivity contribution in [3.05, 3.63) is 65.9 Å². The highest BCUT2D eigenvalue weighted by Crippen LogP contribution is 2.45. The van der Waals surface area contributed by atoms with Crippen molar-refractivity contribution < 1.29 is 27.4 Å². The first-order valence-corrected chi connectivity index (χ1v) is 10.4. The third-order valence-corrected chi connectivity index (χ3v) is 5.36. The van der Waals surface area contributed by atoms with Crippen LogP contribution in [0.15, 0.2) is 60.4 Å². The molecule has 5 nitrogen and oxygen atoms in total. The second kappa shape index (κ2) is 8.84. The van der Waals surface area contributed by atoms with Gasteiger partial charge in [0.2, 0.25) is 0 Å². The van der Waals surface area contributed by atoms with E-state index in [1.165, 1.54) is 17.0 Å². The Labute approximate surface area is 191 Å². The first kappa shape index (κ1) is 24.2. The largest absolute Gasteiger partial charge is 0.573 e. The monoisotopic (exact) mass is 460 g/mol. The highest BCUT2D eigenvalue weighted by molar-refractivity contribution is 6.08. The fourth-order valence-corrected chi connectivity index (χ4v) is 3.89. The summed E-state index contributed by atoms with van der Waals surface area (Å²) in [5.74, 6) is 0.0336. The minimum atomic E-state index is -4.85. The van der Waals surface area contributed by atoms with Crippen LogP contribution in [-0.2, 0) is 16.1 Å². The van der Waals surface area contributed by atoms with Gasteiger partial charge in [-0.1, -0.05) is 30.8 Å². The second-order valence-corrected chi connectivity index (χ2v) is 8.50. The van der Waals surface area contributed by atoms with Gasteiger partial charge in [-0.3, -0.25) is 4.79 Å². The van der Waals surface area contributed by atoms with Gasteiger partial charge in [0, 0.05) is 18.2 Å². The number of para-hydroxylation sites is 1. The Kier molecular flexibility index (Phi) is 6.49. The Morgan fingerprint density at radius 1 is 1.15 bits per heavy atom. The zero-order chi connectivity index (χ0) is 24.6. The molecule has 0 radical (unpaired) electrons. The summed E-state index contributed by atoms with van der Waals surface area (Å²) in [5, 5.41) is 3.22. The molecule has 0 atom stereocenters. The fourth-order valence-electron chi connectivity index (χ4n) is 3.89. The molecule has 0 saturated heterocycles. The molecule has 0 aliphatic carbocycles. The summed E-state index contributed by atoms with van der Waals surface area (Å²) >= 11 is 0. The number of ether oxygens (including phenoxy) is 2. The lowest BCUT2D eigenvalue weighted by Crippen LogP contribution is -2.52. The number of anilines is 2. The lowest BCUT2D eigenvalue weighted by Gasteiger charge is -2.39. The Bertz CT molecular complexity index is 1120. The topological polar surface area (TPSA) is 50.8 Å². The third-order valence-electron chi connectivity index (χ3n) is 5.36. The number of halogens is 3. The molecule has 1 heterocycles. The number of carbonyl (C=O) groups is 1. The van der Waals surface area contributed by atoms with Gasteiger partial charge >= 0.3 is 6.36 Å². The van der Waals surface area contributed by atoms with Crippen molar-refractivity contribution in [1.29, 1.82) is 0 Å². The molecular weight excluding hydrogens is 433 g/mol. The Morgan fingerprint density at radius 2 is 1.82 bits per heavy atom. The predicted octanol–water partition coefficient (Wildman–Crippen LogP) is 6.42. The van der Waals surface area contributed by atoms with E-state index in [-0.39, 0.29) is 23.8 Å². The van der Waals surface area contributed by atoms with E-state index < -0.39 is 11.9 Å². The van der Waals surface area contributed by atoms with Crippen molar-refractivity contribution >= 4 is 17.3 Å². The third kappa shape index (κ3) is 4.99. The van der Waals surface area contributed by atoms with E-state index in [1.54, 1.807) is 51.2 Å². The van der Waals surface area contributed by atoms with Crippen LogP contribution in [0.25, 0.3) is 11.1 Å². The molecule has 33 heavy (non-hydrogen) atoms. The van der Waals surface area contributed by atoms with Crippen LogP contribution < -0.4 is 15.0 Å². The molecule has 0 saturated carbocycles. The maximum absolute atomic E-state index is 13.1. The van der Waals surface area contributed by atoms with Gasteiger partial charge in [0.05, 0.1) is 11.4 Å². The number of carbonyl (C=O) groups excluding carboxylic acids is 1. The second-order valence-electron chi connectivity index (χ2n) is 8.50. The zero-order valence-electron chi connectivity index (χ0n) is 19.3. The molecule has 8 heteroatoms. The summed E-state index contributed by atoms with van der Waals surface area (Å²) in [6.45, 7) is 11.0. The van der Waals surface area contributed by atoms with Gasteiger partial charge in [-0.05, 0) is 57.0 Å². The highest BCUT2D eigenvalue weighted by Gasteiger charge is 2.39. The molecule has 1 amide bonds. The lowest BCUT2D eigenvalue weighted by atomic mass is 9.92. The van der Waals surface area contributed by atoms with Crippen molar-refractivity contribution in [2.75, 3.05) is 17.3 Å². The zero-order valence-corrected chi connectivity index (χ0v) is 19.3. The Balaban J connectivity index is 2.23. The molecule has 3 rings (SSSR count). The number of benzene rings is 2. The molecule has 2 aromatic carbocycles. The minimum absolute atomic E-state index is 0.00508. The van der Waals surface area contributed by atoms with E-state index in [4.69, 9.17) is 4.74 Å². The van der Waals surface area contributed by atoms with Gasteiger partial charge in [0.25, 0.3) is 5.91 Å². The average molecular weight is 460 g/mol. The van der Waals surface area contributed by atoms with Crippen molar-refractivity contribution in [1.82, 2.24) is 0 Å². The normalized spacial score (nSPS) is 14.8. The molecule has 2 aromatic rings. The van der Waals surface area contributed by atoms with E-state index in [0.717, 1.165) is 5.57 Å². The van der Waals surface area contributed by atoms with Crippen molar-refractivity contribution in [3.63, 3.8) is 0 Å². The van der Waals surface area contributed by atoms with E-state index in [1.807, 2.05) is 13.8 Å². The number of rotatable bonds is 6. The van der Waals surface area contributed by atoms with Crippen molar-refractivity contribution in [3.8, 4) is 16.9 Å². The molecule has 1 aliphatic heterocycles. The van der Waals surface area contributed by atoms with Crippen molar-refractivity contribution in [2.45, 2.75) is 46.2 Å². The van der Waals surface area contributed by atoms with E-state index in [2.05, 4.69) is 16.6 Å². The van der Waals surface area contributed by atoms with Crippen LogP contribution in [0, 0.1) is 0 Å². The lowest BCUT2D eigenvalue weighted by molar-refractivity contribution is -0.274. The molecular formula is C25H27F3N2O3. The van der Waals surface area contributed by atoms with Gasteiger partial charge in [0.15, 0.2) is 0 Å². The van der Waals surface area contributed by atoms with Gasteiger partial charge in [-0.2, -0.15) is 0 Å². The van der Waals surface area contributed by atoms with Crippen LogP contribution in [0.1, 0.15) is 33.3 Å². The Morgan fingerprint density at radius 3 is 2.42 bits per heavy atom. The van der Waals surface area contributed by atoms with Gasteiger partial charge in [-0.25, -0.2) is 0 Å². The summed E-state index contributed by atoms with van der Waals surface area (Å²) in [7, 11) is 1.64. The summed E-state index contributed by atoms with van der Waals surface area (Å²) in [6.07, 6.45) is -3.28. The van der Waals surface area contributed by atoms with Crippen LogP contribution in [0.4, 0.5) is 24.5 Å². The number of amides is 1. The smallest absolute Gasteiger partial charge is 0.489 e. The number of alkyl halides is 3. The molecule has 0 fully saturated rings. The average Bonchev–Trinajstić information content (AvgIpc) is 2.71. The van der Waals surface area contributed by atoms with E-state index in [9.17, 15) is 18.0 Å². The molecule has 0 aromatic heterocycles.